The number of benzene rings is 7. The van der Waals surface area contributed by atoms with E-state index in [4.69, 9.17) is 4.42 Å². The first-order valence-electron chi connectivity index (χ1n) is 15.7. The highest BCUT2D eigenvalue weighted by Gasteiger charge is 2.35. The van der Waals surface area contributed by atoms with Crippen LogP contribution in [0, 0.1) is 0 Å². The summed E-state index contributed by atoms with van der Waals surface area (Å²) in [6, 6.07) is 50.7. The summed E-state index contributed by atoms with van der Waals surface area (Å²) >= 11 is 0. The summed E-state index contributed by atoms with van der Waals surface area (Å²) in [5, 5.41) is 7.13. The summed E-state index contributed by atoms with van der Waals surface area (Å²) < 4.78 is 9.47. The van der Waals surface area contributed by atoms with Gasteiger partial charge in [0, 0.05) is 49.0 Å². The van der Waals surface area contributed by atoms with Crippen LogP contribution in [0.15, 0.2) is 144 Å². The van der Waals surface area contributed by atoms with E-state index in [0.29, 0.717) is 0 Å². The number of rotatable bonds is 2. The van der Waals surface area contributed by atoms with E-state index in [-0.39, 0.29) is 5.41 Å². The predicted octanol–water partition coefficient (Wildman–Crippen LogP) is 11.8. The molecule has 2 heteroatoms. The van der Waals surface area contributed by atoms with Crippen LogP contribution in [0.1, 0.15) is 25.0 Å². The largest absolute Gasteiger partial charge is 0.455 e. The first-order valence-corrected chi connectivity index (χ1v) is 15.7. The number of hydrogen-bond donors (Lipinski definition) is 0. The summed E-state index contributed by atoms with van der Waals surface area (Å²) in [6.45, 7) is 4.68. The average molecular weight is 576 g/mol. The van der Waals surface area contributed by atoms with Gasteiger partial charge in [-0.2, -0.15) is 0 Å². The minimum Gasteiger partial charge on any atom is -0.455 e. The lowest BCUT2D eigenvalue weighted by molar-refractivity contribution is 0.660. The van der Waals surface area contributed by atoms with Gasteiger partial charge < -0.3 is 8.98 Å². The lowest BCUT2D eigenvalue weighted by atomic mass is 9.81. The van der Waals surface area contributed by atoms with Gasteiger partial charge in [0.1, 0.15) is 11.2 Å². The highest BCUT2D eigenvalue weighted by Crippen LogP contribution is 2.51. The molecular formula is C43H29NO. The van der Waals surface area contributed by atoms with E-state index >= 15 is 0 Å². The lowest BCUT2D eigenvalue weighted by Crippen LogP contribution is -2.14. The second-order valence-electron chi connectivity index (χ2n) is 12.9. The van der Waals surface area contributed by atoms with Gasteiger partial charge in [-0.3, -0.25) is 0 Å². The molecule has 1 aliphatic rings. The van der Waals surface area contributed by atoms with Crippen molar-refractivity contribution in [2.45, 2.75) is 19.3 Å². The van der Waals surface area contributed by atoms with Crippen molar-refractivity contribution in [3.8, 4) is 27.9 Å². The van der Waals surface area contributed by atoms with Gasteiger partial charge in [-0.05, 0) is 52.1 Å². The molecule has 0 N–H and O–H groups in total. The van der Waals surface area contributed by atoms with E-state index in [2.05, 4.69) is 158 Å². The zero-order chi connectivity index (χ0) is 29.9. The summed E-state index contributed by atoms with van der Waals surface area (Å²) in [5.74, 6) is 0. The van der Waals surface area contributed by atoms with E-state index in [1.54, 1.807) is 0 Å². The molecule has 0 atom stereocenters. The maximum atomic E-state index is 7.05. The maximum Gasteiger partial charge on any atom is 0.144 e. The summed E-state index contributed by atoms with van der Waals surface area (Å²) in [5.41, 5.74) is 13.1. The molecule has 9 aromatic rings. The van der Waals surface area contributed by atoms with Crippen LogP contribution in [0.2, 0.25) is 0 Å². The van der Waals surface area contributed by atoms with Crippen LogP contribution < -0.4 is 0 Å². The third-order valence-corrected chi connectivity index (χ3v) is 10.2. The smallest absolute Gasteiger partial charge is 0.144 e. The van der Waals surface area contributed by atoms with Gasteiger partial charge in [0.25, 0.3) is 0 Å². The van der Waals surface area contributed by atoms with Crippen molar-refractivity contribution in [3.63, 3.8) is 0 Å². The molecule has 10 rings (SSSR count). The molecule has 0 saturated heterocycles. The topological polar surface area (TPSA) is 18.1 Å². The fourth-order valence-corrected chi connectivity index (χ4v) is 8.14. The molecule has 1 aliphatic carbocycles. The van der Waals surface area contributed by atoms with Gasteiger partial charge in [-0.1, -0.05) is 129 Å². The third kappa shape index (κ3) is 3.18. The minimum absolute atomic E-state index is 0.0641. The predicted molar refractivity (Wildman–Crippen MR) is 189 cm³/mol. The maximum absolute atomic E-state index is 7.05. The van der Waals surface area contributed by atoms with Crippen LogP contribution in [0.4, 0.5) is 0 Å². The normalized spacial score (nSPS) is 13.7. The van der Waals surface area contributed by atoms with Gasteiger partial charge in [0.15, 0.2) is 0 Å². The zero-order valence-electron chi connectivity index (χ0n) is 25.1. The molecule has 2 nitrogen and oxygen atoms in total. The van der Waals surface area contributed by atoms with E-state index in [0.717, 1.165) is 33.2 Å². The van der Waals surface area contributed by atoms with Crippen LogP contribution in [0.3, 0.4) is 0 Å². The molecule has 0 bridgehead atoms. The number of hydrogen-bond acceptors (Lipinski definition) is 1. The molecule has 0 amide bonds. The van der Waals surface area contributed by atoms with Crippen molar-refractivity contribution in [3.05, 3.63) is 151 Å². The zero-order valence-corrected chi connectivity index (χ0v) is 25.1. The van der Waals surface area contributed by atoms with Gasteiger partial charge in [-0.25, -0.2) is 0 Å². The Morgan fingerprint density at radius 1 is 0.489 bits per heavy atom. The van der Waals surface area contributed by atoms with Crippen LogP contribution in [-0.2, 0) is 5.41 Å². The van der Waals surface area contributed by atoms with Crippen molar-refractivity contribution >= 4 is 54.5 Å². The number of para-hydroxylation sites is 3. The molecular weight excluding hydrogens is 546 g/mol. The summed E-state index contributed by atoms with van der Waals surface area (Å²) in [7, 11) is 0. The van der Waals surface area contributed by atoms with Gasteiger partial charge >= 0.3 is 0 Å². The summed E-state index contributed by atoms with van der Waals surface area (Å²) in [6.07, 6.45) is 0. The molecule has 2 aromatic heterocycles. The van der Waals surface area contributed by atoms with Crippen LogP contribution in [0.5, 0.6) is 0 Å². The molecule has 0 spiro atoms. The van der Waals surface area contributed by atoms with Gasteiger partial charge in [0.2, 0.25) is 0 Å². The Bertz CT molecular complexity index is 2670. The Labute approximate surface area is 260 Å². The third-order valence-electron chi connectivity index (χ3n) is 10.2. The van der Waals surface area contributed by atoms with Crippen molar-refractivity contribution in [2.24, 2.45) is 0 Å². The number of nitrogens with zero attached hydrogens (tertiary/aromatic N) is 1. The Kier molecular flexibility index (Phi) is 4.82. The molecule has 212 valence electrons. The van der Waals surface area contributed by atoms with E-state index in [1.807, 2.05) is 0 Å². The Hall–Kier alpha value is -5.60. The van der Waals surface area contributed by atoms with Crippen LogP contribution in [0.25, 0.3) is 82.5 Å². The minimum atomic E-state index is -0.0641. The Morgan fingerprint density at radius 2 is 1.16 bits per heavy atom. The molecule has 0 aliphatic heterocycles. The molecule has 45 heavy (non-hydrogen) atoms. The standard InChI is InChI=1S/C43H29NO/c1-43(2)35-21-10-8-15-29(35)30-24-23-26(25-36(30)43)28-19-12-20-34-39-38-33-18-9-11-22-37(33)44(27-13-4-3-5-14-27)40(38)31-16-6-7-17-32(31)42(39)45-41(28)34/h3-25H,1-2H3. The van der Waals surface area contributed by atoms with Gasteiger partial charge in [-0.15, -0.1) is 0 Å². The first kappa shape index (κ1) is 24.8. The average Bonchev–Trinajstić information content (AvgIpc) is 3.72. The van der Waals surface area contributed by atoms with Gasteiger partial charge in [0.05, 0.1) is 11.0 Å². The second-order valence-corrected chi connectivity index (χ2v) is 12.9. The molecule has 0 unspecified atom stereocenters. The Balaban J connectivity index is 1.33. The van der Waals surface area contributed by atoms with Crippen molar-refractivity contribution in [1.29, 1.82) is 0 Å². The molecule has 0 radical (unpaired) electrons. The fraction of sp³-hybridized carbons (Fsp3) is 0.0698. The highest BCUT2D eigenvalue weighted by molar-refractivity contribution is 6.36. The first-order chi connectivity index (χ1) is 22.1. The molecule has 0 saturated carbocycles. The van der Waals surface area contributed by atoms with E-state index in [9.17, 15) is 0 Å². The van der Waals surface area contributed by atoms with E-state index < -0.39 is 0 Å². The second kappa shape index (κ2) is 8.74. The summed E-state index contributed by atoms with van der Waals surface area (Å²) in [4.78, 5) is 0. The van der Waals surface area contributed by atoms with Crippen LogP contribution >= 0.6 is 0 Å². The quantitative estimate of drug-likeness (QED) is 0.200. The Morgan fingerprint density at radius 3 is 2.02 bits per heavy atom. The van der Waals surface area contributed by atoms with Crippen LogP contribution in [-0.4, -0.2) is 4.57 Å². The number of furan rings is 1. The number of fused-ring (bicyclic) bond motifs is 13. The monoisotopic (exact) mass is 575 g/mol. The highest BCUT2D eigenvalue weighted by atomic mass is 16.3. The van der Waals surface area contributed by atoms with Crippen molar-refractivity contribution in [1.82, 2.24) is 4.57 Å². The molecule has 2 heterocycles. The number of aromatic nitrogens is 1. The van der Waals surface area contributed by atoms with E-state index in [1.165, 1.54) is 60.4 Å². The fourth-order valence-electron chi connectivity index (χ4n) is 8.14. The van der Waals surface area contributed by atoms with Crippen molar-refractivity contribution < 1.29 is 4.42 Å². The lowest BCUT2D eigenvalue weighted by Gasteiger charge is -2.22. The SMILES string of the molecule is CC1(C)c2ccccc2-c2ccc(-c3cccc4c3oc3c5ccccc5c5c(c6ccccc6n5-c5ccccc5)c43)cc21. The molecule has 7 aromatic carbocycles. The van der Waals surface area contributed by atoms with Crippen molar-refractivity contribution in [2.75, 3.05) is 0 Å². The molecule has 0 fully saturated rings.